The fourth-order valence-electron chi connectivity index (χ4n) is 2.42. The molecule has 0 spiro atoms. The topological polar surface area (TPSA) is 55.2 Å². The minimum absolute atomic E-state index is 0.102. The first-order chi connectivity index (χ1) is 9.47. The number of rotatable bonds is 5. The molecule has 9 heteroatoms. The molecule has 20 heavy (non-hydrogen) atoms. The van der Waals surface area contributed by atoms with E-state index < -0.39 is 12.0 Å². The Morgan fingerprint density at radius 1 is 1.35 bits per heavy atom. The lowest BCUT2D eigenvalue weighted by Crippen LogP contribution is -2.48. The van der Waals surface area contributed by atoms with Gasteiger partial charge in [-0.2, -0.15) is 13.2 Å². The summed E-state index contributed by atoms with van der Waals surface area (Å²) in [6.45, 7) is 2.32. The molecule has 0 saturated heterocycles. The molecule has 1 atom stereocenters. The van der Waals surface area contributed by atoms with Crippen LogP contribution in [0.2, 0.25) is 0 Å². The van der Waals surface area contributed by atoms with Gasteiger partial charge in [-0.15, -0.1) is 10.2 Å². The van der Waals surface area contributed by atoms with E-state index in [1.807, 2.05) is 7.05 Å². The highest BCUT2D eigenvalue weighted by atomic mass is 19.4. The quantitative estimate of drug-likeness (QED) is 0.849. The number of fused-ring (bicyclic) bond motifs is 1. The number of alkyl halides is 3. The maximum atomic E-state index is 12.7. The number of nitrogens with one attached hydrogen (secondary N) is 1. The molecular weight excluding hydrogens is 275 g/mol. The minimum Gasteiger partial charge on any atom is -0.383 e. The lowest BCUT2D eigenvalue weighted by molar-refractivity contribution is -0.148. The van der Waals surface area contributed by atoms with Crippen LogP contribution in [0.15, 0.2) is 0 Å². The predicted molar refractivity (Wildman–Crippen MR) is 65.0 cm³/mol. The van der Waals surface area contributed by atoms with E-state index in [1.165, 1.54) is 0 Å². The molecule has 0 radical (unpaired) electrons. The number of ether oxygens (including phenoxy) is 1. The van der Waals surface area contributed by atoms with Crippen LogP contribution < -0.4 is 5.32 Å². The summed E-state index contributed by atoms with van der Waals surface area (Å²) < 4.78 is 44.5. The van der Waals surface area contributed by atoms with Crippen LogP contribution in [-0.4, -0.2) is 59.6 Å². The average molecular weight is 293 g/mol. The predicted octanol–water partition coefficient (Wildman–Crippen LogP) is 0.347. The Bertz CT molecular complexity index is 442. The minimum atomic E-state index is -4.45. The van der Waals surface area contributed by atoms with Crippen molar-refractivity contribution in [2.75, 3.05) is 33.9 Å². The van der Waals surface area contributed by atoms with Gasteiger partial charge < -0.3 is 14.6 Å². The van der Waals surface area contributed by atoms with Crippen LogP contribution in [0, 0.1) is 0 Å². The van der Waals surface area contributed by atoms with Crippen molar-refractivity contribution in [3.05, 3.63) is 11.6 Å². The van der Waals surface area contributed by atoms with Gasteiger partial charge in [0, 0.05) is 32.8 Å². The number of nitrogens with zero attached hydrogens (tertiary/aromatic N) is 4. The Morgan fingerprint density at radius 3 is 2.70 bits per heavy atom. The smallest absolute Gasteiger partial charge is 0.383 e. The first kappa shape index (κ1) is 15.2. The van der Waals surface area contributed by atoms with E-state index in [-0.39, 0.29) is 12.6 Å². The van der Waals surface area contributed by atoms with Gasteiger partial charge in [0.25, 0.3) is 0 Å². The van der Waals surface area contributed by atoms with Gasteiger partial charge in [0.15, 0.2) is 0 Å². The Labute approximate surface area is 114 Å². The maximum absolute atomic E-state index is 12.7. The first-order valence-electron chi connectivity index (χ1n) is 6.34. The van der Waals surface area contributed by atoms with Gasteiger partial charge in [-0.1, -0.05) is 0 Å². The standard InChI is InChI=1S/C11H18F3N5O/c1-15-5-8(7-20-2)18-3-4-19-9(6-18)16-17-10(19)11(12,13)14/h8,15H,3-7H2,1-2H3. The van der Waals surface area contributed by atoms with Crippen LogP contribution in [0.3, 0.4) is 0 Å². The molecule has 1 N–H and O–H groups in total. The number of halogens is 3. The fraction of sp³-hybridized carbons (Fsp3) is 0.818. The van der Waals surface area contributed by atoms with Gasteiger partial charge in [-0.3, -0.25) is 4.90 Å². The Hall–Kier alpha value is -1.19. The molecule has 1 aliphatic heterocycles. The van der Waals surface area contributed by atoms with Crippen molar-refractivity contribution < 1.29 is 17.9 Å². The summed E-state index contributed by atoms with van der Waals surface area (Å²) >= 11 is 0. The molecule has 0 fully saturated rings. The molecule has 6 nitrogen and oxygen atoms in total. The van der Waals surface area contributed by atoms with E-state index in [9.17, 15) is 13.2 Å². The zero-order valence-corrected chi connectivity index (χ0v) is 11.4. The molecular formula is C11H18F3N5O. The third kappa shape index (κ3) is 3.10. The van der Waals surface area contributed by atoms with E-state index in [2.05, 4.69) is 20.4 Å². The van der Waals surface area contributed by atoms with E-state index in [0.29, 0.717) is 32.1 Å². The third-order valence-corrected chi connectivity index (χ3v) is 3.35. The van der Waals surface area contributed by atoms with Crippen LogP contribution in [-0.2, 0) is 24.0 Å². The number of methoxy groups -OCH3 is 1. The average Bonchev–Trinajstić information content (AvgIpc) is 2.81. The van der Waals surface area contributed by atoms with Crippen molar-refractivity contribution in [1.82, 2.24) is 25.0 Å². The summed E-state index contributed by atoms with van der Waals surface area (Å²) in [5, 5.41) is 9.99. The number of hydrogen-bond acceptors (Lipinski definition) is 5. The van der Waals surface area contributed by atoms with E-state index >= 15 is 0 Å². The zero-order valence-electron chi connectivity index (χ0n) is 11.4. The molecule has 2 rings (SSSR count). The summed E-state index contributed by atoms with van der Waals surface area (Å²) in [4.78, 5) is 2.06. The highest BCUT2D eigenvalue weighted by molar-refractivity contribution is 5.02. The van der Waals surface area contributed by atoms with E-state index in [1.54, 1.807) is 7.11 Å². The van der Waals surface area contributed by atoms with Crippen LogP contribution in [0.4, 0.5) is 13.2 Å². The SMILES string of the molecule is CNCC(COC)N1CCn2c(nnc2C(F)(F)F)C1. The Balaban J connectivity index is 2.13. The Morgan fingerprint density at radius 2 is 2.10 bits per heavy atom. The molecule has 1 aromatic heterocycles. The number of likely N-dealkylation sites (N-methyl/N-ethyl adjacent to an activating group) is 1. The molecule has 0 saturated carbocycles. The van der Waals surface area contributed by atoms with Crippen LogP contribution >= 0.6 is 0 Å². The number of aromatic nitrogens is 3. The van der Waals surface area contributed by atoms with Crippen molar-refractivity contribution in [3.63, 3.8) is 0 Å². The second-order valence-electron chi connectivity index (χ2n) is 4.73. The molecule has 1 aliphatic rings. The van der Waals surface area contributed by atoms with Crippen LogP contribution in [0.25, 0.3) is 0 Å². The first-order valence-corrected chi connectivity index (χ1v) is 6.34. The van der Waals surface area contributed by atoms with Crippen molar-refractivity contribution in [2.24, 2.45) is 0 Å². The number of hydrogen-bond donors (Lipinski definition) is 1. The van der Waals surface area contributed by atoms with Gasteiger partial charge in [0.2, 0.25) is 5.82 Å². The lowest BCUT2D eigenvalue weighted by atomic mass is 10.2. The van der Waals surface area contributed by atoms with Crippen molar-refractivity contribution in [1.29, 1.82) is 0 Å². The summed E-state index contributed by atoms with van der Waals surface area (Å²) in [5.41, 5.74) is 0. The largest absolute Gasteiger partial charge is 0.451 e. The molecule has 114 valence electrons. The lowest BCUT2D eigenvalue weighted by Gasteiger charge is -2.34. The highest BCUT2D eigenvalue weighted by Crippen LogP contribution is 2.29. The maximum Gasteiger partial charge on any atom is 0.451 e. The monoisotopic (exact) mass is 293 g/mol. The molecule has 0 aromatic carbocycles. The molecule has 0 aliphatic carbocycles. The zero-order chi connectivity index (χ0) is 14.8. The molecule has 0 bridgehead atoms. The second kappa shape index (κ2) is 6.06. The molecule has 1 unspecified atom stereocenters. The van der Waals surface area contributed by atoms with Crippen molar-refractivity contribution >= 4 is 0 Å². The van der Waals surface area contributed by atoms with Gasteiger partial charge in [0.05, 0.1) is 13.2 Å². The van der Waals surface area contributed by atoms with E-state index in [0.717, 1.165) is 4.57 Å². The van der Waals surface area contributed by atoms with Gasteiger partial charge in [-0.25, -0.2) is 0 Å². The molecule has 2 heterocycles. The summed E-state index contributed by atoms with van der Waals surface area (Å²) in [6, 6.07) is 0.102. The Kier molecular flexibility index (Phi) is 4.61. The van der Waals surface area contributed by atoms with E-state index in [4.69, 9.17) is 4.74 Å². The van der Waals surface area contributed by atoms with Crippen molar-refractivity contribution in [3.8, 4) is 0 Å². The second-order valence-corrected chi connectivity index (χ2v) is 4.73. The molecule has 1 aromatic rings. The highest BCUT2D eigenvalue weighted by Gasteiger charge is 2.39. The third-order valence-electron chi connectivity index (χ3n) is 3.35. The summed E-state index contributed by atoms with van der Waals surface area (Å²) in [6.07, 6.45) is -4.45. The van der Waals surface area contributed by atoms with Crippen molar-refractivity contribution in [2.45, 2.75) is 25.3 Å². The fourth-order valence-corrected chi connectivity index (χ4v) is 2.42. The van der Waals surface area contributed by atoms with Gasteiger partial charge >= 0.3 is 6.18 Å². The van der Waals surface area contributed by atoms with Gasteiger partial charge in [0.1, 0.15) is 5.82 Å². The van der Waals surface area contributed by atoms with Crippen LogP contribution in [0.1, 0.15) is 11.6 Å². The normalized spacial score (nSPS) is 18.1. The van der Waals surface area contributed by atoms with Gasteiger partial charge in [-0.05, 0) is 7.05 Å². The summed E-state index contributed by atoms with van der Waals surface area (Å²) in [5.74, 6) is -0.565. The molecule has 0 amide bonds. The van der Waals surface area contributed by atoms with Crippen LogP contribution in [0.5, 0.6) is 0 Å². The summed E-state index contributed by atoms with van der Waals surface area (Å²) in [7, 11) is 3.44.